The van der Waals surface area contributed by atoms with E-state index in [1.54, 1.807) is 72.8 Å². The predicted molar refractivity (Wildman–Crippen MR) is 151 cm³/mol. The number of rotatable bonds is 9. The second-order valence-electron chi connectivity index (χ2n) is 8.37. The van der Waals surface area contributed by atoms with Gasteiger partial charge in [-0.3, -0.25) is 9.59 Å². The average Bonchev–Trinajstić information content (AvgIpc) is 2.99. The Morgan fingerprint density at radius 3 is 1.38 bits per heavy atom. The van der Waals surface area contributed by atoms with Crippen molar-refractivity contribution in [3.63, 3.8) is 0 Å². The molecule has 4 aromatic rings. The molecule has 2 amide bonds. The number of hydrogen-bond acceptors (Lipinski definition) is 8. The highest BCUT2D eigenvalue weighted by molar-refractivity contribution is 5.96. The second-order valence-corrected chi connectivity index (χ2v) is 8.37. The Bertz CT molecular complexity index is 1450. The lowest BCUT2D eigenvalue weighted by molar-refractivity contribution is 0.0947. The topological polar surface area (TPSA) is 142 Å². The van der Waals surface area contributed by atoms with Crippen molar-refractivity contribution in [2.45, 2.75) is 0 Å². The molecule has 10 heteroatoms. The number of phenolic OH excluding ortho intramolecular Hbond substituents is 2. The smallest absolute Gasteiger partial charge is 0.271 e. The van der Waals surface area contributed by atoms with Crippen molar-refractivity contribution in [3.8, 4) is 34.1 Å². The van der Waals surface area contributed by atoms with E-state index in [1.807, 2.05) is 0 Å². The lowest BCUT2D eigenvalue weighted by Gasteiger charge is -2.15. The fourth-order valence-corrected chi connectivity index (χ4v) is 3.77. The van der Waals surface area contributed by atoms with Crippen molar-refractivity contribution < 1.29 is 29.3 Å². The number of phenols is 2. The van der Waals surface area contributed by atoms with E-state index in [0.29, 0.717) is 22.3 Å². The van der Waals surface area contributed by atoms with Gasteiger partial charge in [0, 0.05) is 22.3 Å². The largest absolute Gasteiger partial charge is 0.504 e. The van der Waals surface area contributed by atoms with E-state index in [1.165, 1.54) is 38.8 Å². The van der Waals surface area contributed by atoms with Crippen molar-refractivity contribution in [3.05, 3.63) is 107 Å². The predicted octanol–water partition coefficient (Wildman–Crippen LogP) is 4.31. The third-order valence-corrected chi connectivity index (χ3v) is 5.76. The van der Waals surface area contributed by atoms with Gasteiger partial charge in [0.1, 0.15) is 0 Å². The van der Waals surface area contributed by atoms with Crippen LogP contribution in [0.2, 0.25) is 0 Å². The van der Waals surface area contributed by atoms with E-state index < -0.39 is 11.8 Å². The number of hydrazone groups is 2. The first-order chi connectivity index (χ1) is 19.4. The van der Waals surface area contributed by atoms with Gasteiger partial charge >= 0.3 is 0 Å². The maximum Gasteiger partial charge on any atom is 0.271 e. The molecular weight excluding hydrogens is 512 g/mol. The molecule has 0 saturated carbocycles. The van der Waals surface area contributed by atoms with Crippen LogP contribution in [0.3, 0.4) is 0 Å². The summed E-state index contributed by atoms with van der Waals surface area (Å²) in [5, 5.41) is 29.8. The van der Waals surface area contributed by atoms with Crippen molar-refractivity contribution >= 4 is 24.2 Å². The monoisotopic (exact) mass is 538 g/mol. The summed E-state index contributed by atoms with van der Waals surface area (Å²) < 4.78 is 10.6. The molecule has 0 bridgehead atoms. The minimum Gasteiger partial charge on any atom is -0.504 e. The van der Waals surface area contributed by atoms with Crippen LogP contribution in [0.15, 0.2) is 95.1 Å². The van der Waals surface area contributed by atoms with E-state index in [-0.39, 0.29) is 34.1 Å². The molecule has 0 spiro atoms. The van der Waals surface area contributed by atoms with Crippen LogP contribution in [0, 0.1) is 0 Å². The van der Waals surface area contributed by atoms with Crippen molar-refractivity contribution in [2.75, 3.05) is 14.2 Å². The molecule has 0 aliphatic rings. The van der Waals surface area contributed by atoms with Crippen molar-refractivity contribution in [1.29, 1.82) is 0 Å². The Hall–Kier alpha value is -5.64. The fraction of sp³-hybridized carbons (Fsp3) is 0.0667. The highest BCUT2D eigenvalue weighted by Crippen LogP contribution is 2.45. The zero-order valence-corrected chi connectivity index (χ0v) is 21.7. The molecule has 4 rings (SSSR count). The zero-order chi connectivity index (χ0) is 28.5. The normalized spacial score (nSPS) is 10.9. The molecule has 0 aliphatic heterocycles. The number of ether oxygens (including phenoxy) is 2. The van der Waals surface area contributed by atoms with E-state index in [0.717, 1.165) is 0 Å². The highest BCUT2D eigenvalue weighted by Gasteiger charge is 2.19. The van der Waals surface area contributed by atoms with Gasteiger partial charge in [0.2, 0.25) is 0 Å². The molecule has 0 aliphatic carbocycles. The second kappa shape index (κ2) is 12.7. The number of nitrogens with zero attached hydrogens (tertiary/aromatic N) is 2. The van der Waals surface area contributed by atoms with Crippen LogP contribution in [-0.2, 0) is 0 Å². The Labute approximate surface area is 230 Å². The number of carbonyl (C=O) groups is 2. The number of benzene rings is 4. The van der Waals surface area contributed by atoms with Gasteiger partial charge < -0.3 is 19.7 Å². The van der Waals surface area contributed by atoms with Crippen LogP contribution >= 0.6 is 0 Å². The van der Waals surface area contributed by atoms with E-state index in [2.05, 4.69) is 21.1 Å². The van der Waals surface area contributed by atoms with E-state index in [9.17, 15) is 19.8 Å². The van der Waals surface area contributed by atoms with Gasteiger partial charge in [0.25, 0.3) is 11.8 Å². The molecule has 0 aromatic heterocycles. The lowest BCUT2D eigenvalue weighted by Crippen LogP contribution is -2.17. The summed E-state index contributed by atoms with van der Waals surface area (Å²) in [5.41, 5.74) is 7.12. The quantitative estimate of drug-likeness (QED) is 0.185. The fourth-order valence-electron chi connectivity index (χ4n) is 3.77. The number of methoxy groups -OCH3 is 2. The van der Waals surface area contributed by atoms with Crippen LogP contribution in [0.25, 0.3) is 11.1 Å². The third kappa shape index (κ3) is 6.43. The summed E-state index contributed by atoms with van der Waals surface area (Å²) >= 11 is 0. The van der Waals surface area contributed by atoms with E-state index in [4.69, 9.17) is 9.47 Å². The molecule has 4 N–H and O–H groups in total. The number of carbonyl (C=O) groups excluding carboxylic acids is 2. The summed E-state index contributed by atoms with van der Waals surface area (Å²) in [6.07, 6.45) is 2.76. The highest BCUT2D eigenvalue weighted by atomic mass is 16.5. The maximum atomic E-state index is 12.3. The zero-order valence-electron chi connectivity index (χ0n) is 21.7. The third-order valence-electron chi connectivity index (χ3n) is 5.76. The molecule has 0 saturated heterocycles. The molecule has 0 unspecified atom stereocenters. The van der Waals surface area contributed by atoms with Crippen LogP contribution in [0.1, 0.15) is 31.8 Å². The number of hydrogen-bond donors (Lipinski definition) is 4. The molecule has 0 fully saturated rings. The van der Waals surface area contributed by atoms with Gasteiger partial charge in [-0.1, -0.05) is 36.4 Å². The Morgan fingerprint density at radius 2 is 1.02 bits per heavy atom. The summed E-state index contributed by atoms with van der Waals surface area (Å²) in [6.45, 7) is 0. The minimum atomic E-state index is -0.392. The Morgan fingerprint density at radius 1 is 0.650 bits per heavy atom. The van der Waals surface area contributed by atoms with Gasteiger partial charge in [0.15, 0.2) is 23.0 Å². The van der Waals surface area contributed by atoms with Gasteiger partial charge in [-0.2, -0.15) is 10.2 Å². The van der Waals surface area contributed by atoms with Gasteiger partial charge in [-0.05, 0) is 59.7 Å². The first-order valence-electron chi connectivity index (χ1n) is 12.0. The molecular formula is C30H26N4O6. The first kappa shape index (κ1) is 27.4. The Kier molecular flexibility index (Phi) is 8.73. The van der Waals surface area contributed by atoms with Crippen LogP contribution in [0.4, 0.5) is 0 Å². The summed E-state index contributed by atoms with van der Waals surface area (Å²) in [7, 11) is 2.77. The SMILES string of the molecule is COc1cc(/C=N/NC(=O)c2ccccc2)cc(-c2cc(/C=N/NC(=O)c3ccccc3)cc(OC)c2O)c1O. The standard InChI is InChI=1S/C30H26N4O6/c1-39-25-15-19(17-31-33-29(37)21-9-5-3-6-10-21)13-23(27(25)35)24-14-20(16-26(40-2)28(24)36)18-32-34-30(38)22-11-7-4-8-12-22/h3-18,35-36H,1-2H3,(H,33,37)(H,34,38)/b31-17+,32-18+. The summed E-state index contributed by atoms with van der Waals surface area (Å²) in [5.74, 6) is -1.04. The molecule has 0 heterocycles. The van der Waals surface area contributed by atoms with Crippen molar-refractivity contribution in [1.82, 2.24) is 10.9 Å². The number of aromatic hydroxyl groups is 2. The van der Waals surface area contributed by atoms with Gasteiger partial charge in [-0.15, -0.1) is 0 Å². The molecule has 0 atom stereocenters. The molecule has 4 aromatic carbocycles. The molecule has 40 heavy (non-hydrogen) atoms. The Balaban J connectivity index is 1.64. The van der Waals surface area contributed by atoms with E-state index >= 15 is 0 Å². The van der Waals surface area contributed by atoms with Crippen LogP contribution in [0.5, 0.6) is 23.0 Å². The minimum absolute atomic E-state index is 0.112. The molecule has 10 nitrogen and oxygen atoms in total. The van der Waals surface area contributed by atoms with Crippen LogP contribution in [-0.4, -0.2) is 48.7 Å². The first-order valence-corrected chi connectivity index (χ1v) is 12.0. The average molecular weight is 539 g/mol. The maximum absolute atomic E-state index is 12.3. The van der Waals surface area contributed by atoms with Crippen molar-refractivity contribution in [2.24, 2.45) is 10.2 Å². The van der Waals surface area contributed by atoms with Gasteiger partial charge in [-0.25, -0.2) is 10.9 Å². The number of amides is 2. The van der Waals surface area contributed by atoms with Crippen LogP contribution < -0.4 is 20.3 Å². The van der Waals surface area contributed by atoms with Gasteiger partial charge in [0.05, 0.1) is 26.6 Å². The number of nitrogens with one attached hydrogen (secondary N) is 2. The lowest BCUT2D eigenvalue weighted by atomic mass is 9.98. The molecule has 202 valence electrons. The molecule has 0 radical (unpaired) electrons. The summed E-state index contributed by atoms with van der Waals surface area (Å²) in [4.78, 5) is 24.6. The summed E-state index contributed by atoms with van der Waals surface area (Å²) in [6, 6.07) is 23.4.